The summed E-state index contributed by atoms with van der Waals surface area (Å²) in [5.74, 6) is 0.772. The fraction of sp³-hybridized carbons (Fsp3) is 0.588. The summed E-state index contributed by atoms with van der Waals surface area (Å²) < 4.78 is 7.92. The third kappa shape index (κ3) is 2.62. The molecule has 1 aliphatic heterocycles. The molecule has 0 bridgehead atoms. The number of carbonyl (C=O) groups is 1. The molecule has 24 heavy (non-hydrogen) atoms. The summed E-state index contributed by atoms with van der Waals surface area (Å²) in [5.41, 5.74) is 2.76. The van der Waals surface area contributed by atoms with Crippen molar-refractivity contribution in [2.75, 3.05) is 6.61 Å². The molecule has 0 unspecified atom stereocenters. The van der Waals surface area contributed by atoms with Crippen LogP contribution in [0.4, 0.5) is 0 Å². The number of hydrogen-bond acceptors (Lipinski definition) is 4. The highest BCUT2D eigenvalue weighted by Gasteiger charge is 2.35. The van der Waals surface area contributed by atoms with Crippen LogP contribution in [0.2, 0.25) is 0 Å². The van der Waals surface area contributed by atoms with E-state index in [1.807, 2.05) is 6.20 Å². The van der Waals surface area contributed by atoms with Gasteiger partial charge in [0, 0.05) is 36.8 Å². The van der Waals surface area contributed by atoms with Crippen molar-refractivity contribution >= 4 is 5.91 Å². The second-order valence-corrected chi connectivity index (χ2v) is 6.47. The van der Waals surface area contributed by atoms with Crippen LogP contribution < -0.4 is 5.32 Å². The Morgan fingerprint density at radius 2 is 2.33 bits per heavy atom. The Bertz CT molecular complexity index is 735. The third-order valence-corrected chi connectivity index (χ3v) is 5.02. The van der Waals surface area contributed by atoms with Crippen molar-refractivity contribution in [1.82, 2.24) is 25.1 Å². The Labute approximate surface area is 140 Å². The molecular formula is C17H23N5O2. The van der Waals surface area contributed by atoms with Gasteiger partial charge in [0.2, 0.25) is 0 Å². The van der Waals surface area contributed by atoms with Crippen molar-refractivity contribution in [3.05, 3.63) is 35.2 Å². The van der Waals surface area contributed by atoms with Gasteiger partial charge in [-0.2, -0.15) is 5.10 Å². The van der Waals surface area contributed by atoms with Gasteiger partial charge in [0.15, 0.2) is 5.69 Å². The van der Waals surface area contributed by atoms with Crippen LogP contribution in [0, 0.1) is 0 Å². The molecular weight excluding hydrogens is 306 g/mol. The van der Waals surface area contributed by atoms with Gasteiger partial charge < -0.3 is 14.6 Å². The molecule has 1 amide bonds. The quantitative estimate of drug-likeness (QED) is 0.895. The minimum Gasteiger partial charge on any atom is -0.368 e. The number of H-pyrrole nitrogens is 1. The zero-order chi connectivity index (χ0) is 16.5. The fourth-order valence-corrected chi connectivity index (χ4v) is 3.74. The van der Waals surface area contributed by atoms with Gasteiger partial charge in [0.1, 0.15) is 11.9 Å². The molecule has 3 heterocycles. The van der Waals surface area contributed by atoms with Gasteiger partial charge in [0.25, 0.3) is 5.91 Å². The highest BCUT2D eigenvalue weighted by molar-refractivity contribution is 5.94. The van der Waals surface area contributed by atoms with Crippen molar-refractivity contribution in [3.8, 4) is 0 Å². The monoisotopic (exact) mass is 329 g/mol. The lowest BCUT2D eigenvalue weighted by Crippen LogP contribution is -2.38. The zero-order valence-electron chi connectivity index (χ0n) is 13.9. The summed E-state index contributed by atoms with van der Waals surface area (Å²) in [7, 11) is 0. The summed E-state index contributed by atoms with van der Waals surface area (Å²) in [6, 6.07) is -0.0684. The number of ether oxygens (including phenoxy) is 1. The normalized spacial score (nSPS) is 23.2. The van der Waals surface area contributed by atoms with Gasteiger partial charge >= 0.3 is 0 Å². The molecule has 0 radical (unpaired) electrons. The maximum absolute atomic E-state index is 12.7. The predicted octanol–water partition coefficient (Wildman–Crippen LogP) is 1.76. The van der Waals surface area contributed by atoms with Crippen LogP contribution >= 0.6 is 0 Å². The number of nitrogens with one attached hydrogen (secondary N) is 2. The SMILES string of the molecule is CCn1ccnc1[C@H]1OCC[C@@H]1NC(=O)c1n[nH]c2c1CCCC2. The minimum absolute atomic E-state index is 0.0684. The molecule has 0 saturated carbocycles. The number of imidazole rings is 1. The number of aromatic amines is 1. The molecule has 1 fully saturated rings. The first-order valence-electron chi connectivity index (χ1n) is 8.77. The second-order valence-electron chi connectivity index (χ2n) is 6.47. The van der Waals surface area contributed by atoms with Crippen LogP contribution in [0.25, 0.3) is 0 Å². The van der Waals surface area contributed by atoms with Crippen LogP contribution in [0.15, 0.2) is 12.4 Å². The van der Waals surface area contributed by atoms with E-state index in [2.05, 4.69) is 32.0 Å². The smallest absolute Gasteiger partial charge is 0.272 e. The first kappa shape index (κ1) is 15.4. The third-order valence-electron chi connectivity index (χ3n) is 5.02. The number of aromatic nitrogens is 4. The summed E-state index contributed by atoms with van der Waals surface area (Å²) in [4.78, 5) is 17.2. The lowest BCUT2D eigenvalue weighted by atomic mass is 9.95. The number of fused-ring (bicyclic) bond motifs is 1. The van der Waals surface area contributed by atoms with Gasteiger partial charge in [-0.05, 0) is 39.0 Å². The van der Waals surface area contributed by atoms with E-state index in [-0.39, 0.29) is 18.1 Å². The predicted molar refractivity (Wildman–Crippen MR) is 87.7 cm³/mol. The number of rotatable bonds is 4. The number of aryl methyl sites for hydroxylation is 2. The Morgan fingerprint density at radius 1 is 1.46 bits per heavy atom. The Hall–Kier alpha value is -2.15. The highest BCUT2D eigenvalue weighted by atomic mass is 16.5. The molecule has 7 heteroatoms. The van der Waals surface area contributed by atoms with Crippen LogP contribution in [-0.2, 0) is 24.1 Å². The first-order valence-corrected chi connectivity index (χ1v) is 8.77. The van der Waals surface area contributed by atoms with Gasteiger partial charge in [-0.3, -0.25) is 9.89 Å². The average Bonchev–Trinajstić information content (AvgIpc) is 3.32. The van der Waals surface area contributed by atoms with E-state index in [4.69, 9.17) is 4.74 Å². The standard InChI is InChI=1S/C17H23N5O2/c1-2-22-9-8-18-16(22)15-13(7-10-24-15)19-17(23)14-11-5-3-4-6-12(11)20-21-14/h8-9,13,15H,2-7,10H2,1H3,(H,19,23)(H,20,21)/t13-,15-/m0/s1. The van der Waals surface area contributed by atoms with E-state index in [1.165, 1.54) is 0 Å². The maximum Gasteiger partial charge on any atom is 0.272 e. The molecule has 2 atom stereocenters. The topological polar surface area (TPSA) is 84.8 Å². The van der Waals surface area contributed by atoms with Crippen molar-refractivity contribution in [2.24, 2.45) is 0 Å². The summed E-state index contributed by atoms with van der Waals surface area (Å²) in [5, 5.41) is 10.4. The molecule has 2 aromatic heterocycles. The molecule has 1 saturated heterocycles. The Kier molecular flexibility index (Phi) is 4.10. The van der Waals surface area contributed by atoms with Gasteiger partial charge in [-0.25, -0.2) is 4.98 Å². The zero-order valence-corrected chi connectivity index (χ0v) is 13.9. The van der Waals surface area contributed by atoms with Crippen LogP contribution in [0.3, 0.4) is 0 Å². The average molecular weight is 329 g/mol. The molecule has 2 N–H and O–H groups in total. The van der Waals surface area contributed by atoms with Gasteiger partial charge in [-0.15, -0.1) is 0 Å². The largest absolute Gasteiger partial charge is 0.368 e. The van der Waals surface area contributed by atoms with Gasteiger partial charge in [-0.1, -0.05) is 0 Å². The van der Waals surface area contributed by atoms with Crippen molar-refractivity contribution < 1.29 is 9.53 Å². The van der Waals surface area contributed by atoms with E-state index in [0.717, 1.165) is 55.7 Å². The van der Waals surface area contributed by atoms with Crippen LogP contribution in [-0.4, -0.2) is 38.3 Å². The van der Waals surface area contributed by atoms with Crippen molar-refractivity contribution in [3.63, 3.8) is 0 Å². The first-order chi connectivity index (χ1) is 11.8. The summed E-state index contributed by atoms with van der Waals surface area (Å²) in [6.45, 7) is 3.54. The van der Waals surface area contributed by atoms with Crippen LogP contribution in [0.1, 0.15) is 59.9 Å². The molecule has 2 aromatic rings. The minimum atomic E-state index is -0.196. The van der Waals surface area contributed by atoms with Crippen molar-refractivity contribution in [1.29, 1.82) is 0 Å². The molecule has 0 spiro atoms. The lowest BCUT2D eigenvalue weighted by Gasteiger charge is -2.20. The number of carbonyl (C=O) groups excluding carboxylic acids is 1. The number of hydrogen-bond donors (Lipinski definition) is 2. The maximum atomic E-state index is 12.7. The fourth-order valence-electron chi connectivity index (χ4n) is 3.74. The molecule has 1 aliphatic carbocycles. The molecule has 0 aromatic carbocycles. The molecule has 7 nitrogen and oxygen atoms in total. The van der Waals surface area contributed by atoms with E-state index in [0.29, 0.717) is 12.3 Å². The van der Waals surface area contributed by atoms with E-state index < -0.39 is 0 Å². The summed E-state index contributed by atoms with van der Waals surface area (Å²) in [6.07, 6.45) is 8.52. The Balaban J connectivity index is 1.52. The highest BCUT2D eigenvalue weighted by Crippen LogP contribution is 2.29. The molecule has 4 rings (SSSR count). The van der Waals surface area contributed by atoms with E-state index in [9.17, 15) is 4.79 Å². The van der Waals surface area contributed by atoms with Crippen molar-refractivity contribution in [2.45, 2.75) is 57.7 Å². The Morgan fingerprint density at radius 3 is 3.21 bits per heavy atom. The number of amides is 1. The molecule has 128 valence electrons. The molecule has 2 aliphatic rings. The van der Waals surface area contributed by atoms with Crippen LogP contribution in [0.5, 0.6) is 0 Å². The van der Waals surface area contributed by atoms with E-state index >= 15 is 0 Å². The second kappa shape index (κ2) is 6.39. The van der Waals surface area contributed by atoms with Gasteiger partial charge in [0.05, 0.1) is 6.04 Å². The summed E-state index contributed by atoms with van der Waals surface area (Å²) >= 11 is 0. The number of nitrogens with zero attached hydrogens (tertiary/aromatic N) is 3. The lowest BCUT2D eigenvalue weighted by molar-refractivity contribution is 0.0772. The van der Waals surface area contributed by atoms with E-state index in [1.54, 1.807) is 6.20 Å².